The molecular formula is C31H32O6. The lowest BCUT2D eigenvalue weighted by Gasteiger charge is -2.40. The van der Waals surface area contributed by atoms with Gasteiger partial charge < -0.3 is 18.3 Å². The van der Waals surface area contributed by atoms with Crippen LogP contribution in [0.2, 0.25) is 0 Å². The van der Waals surface area contributed by atoms with Gasteiger partial charge >= 0.3 is 11.9 Å². The van der Waals surface area contributed by atoms with Crippen molar-refractivity contribution in [2.45, 2.75) is 81.8 Å². The normalized spacial score (nSPS) is 23.9. The second kappa shape index (κ2) is 8.79. The van der Waals surface area contributed by atoms with Crippen molar-refractivity contribution in [1.29, 1.82) is 0 Å². The molecule has 4 bridgehead atoms. The number of esters is 2. The molecule has 0 amide bonds. The molecule has 2 aliphatic rings. The summed E-state index contributed by atoms with van der Waals surface area (Å²) >= 11 is 0. The van der Waals surface area contributed by atoms with E-state index in [0.29, 0.717) is 18.4 Å². The Labute approximate surface area is 215 Å². The van der Waals surface area contributed by atoms with Crippen LogP contribution in [0.1, 0.15) is 87.3 Å². The van der Waals surface area contributed by atoms with Gasteiger partial charge in [-0.15, -0.1) is 0 Å². The Morgan fingerprint density at radius 3 is 2.35 bits per heavy atom. The number of hydrogen-bond acceptors (Lipinski definition) is 6. The highest BCUT2D eigenvalue weighted by Crippen LogP contribution is 2.53. The fourth-order valence-electron chi connectivity index (χ4n) is 6.64. The summed E-state index contributed by atoms with van der Waals surface area (Å²) in [6, 6.07) is 9.99. The highest BCUT2D eigenvalue weighted by molar-refractivity contribution is 5.88. The van der Waals surface area contributed by atoms with Crippen molar-refractivity contribution in [2.75, 3.05) is 0 Å². The first kappa shape index (κ1) is 23.8. The molecule has 2 saturated carbocycles. The van der Waals surface area contributed by atoms with Gasteiger partial charge in [0.05, 0.1) is 0 Å². The Hall–Kier alpha value is -3.54. The van der Waals surface area contributed by atoms with Gasteiger partial charge in [-0.25, -0.2) is 9.59 Å². The van der Waals surface area contributed by atoms with Crippen LogP contribution in [0.25, 0.3) is 22.3 Å². The summed E-state index contributed by atoms with van der Waals surface area (Å²) in [5.74, 6) is -0.693. The van der Waals surface area contributed by atoms with Crippen molar-refractivity contribution in [3.63, 3.8) is 0 Å². The van der Waals surface area contributed by atoms with Crippen molar-refractivity contribution < 1.29 is 27.9 Å². The number of carbonyl (C=O) groups is 2. The molecule has 0 aliphatic heterocycles. The SMILES string of the molecule is C=CC(=O)OC1(c2cc3cc(C4CCCC(OC(=O)C(=C)C)(c5cc6ccc5o6)C4)c2o3)CCCCC1. The second-order valence-electron chi connectivity index (χ2n) is 10.9. The van der Waals surface area contributed by atoms with Crippen LogP contribution in [0.15, 0.2) is 64.0 Å². The number of fused-ring (bicyclic) bond motifs is 4. The maximum Gasteiger partial charge on any atom is 0.334 e. The standard InChI is InChI=1S/C31H32O6/c1-4-27(32)36-30(12-6-5-7-13-30)25-17-22-15-23(28(25)35-22)20-9-8-14-31(18-20,37-29(33)19(2)3)24-16-21-10-11-26(24)34-21/h4,10-11,15-17,20H,1-2,5-9,12-14,18H2,3H3. The van der Waals surface area contributed by atoms with E-state index in [9.17, 15) is 9.59 Å². The van der Waals surface area contributed by atoms with Crippen LogP contribution in [0, 0.1) is 0 Å². The molecular weight excluding hydrogens is 468 g/mol. The average Bonchev–Trinajstić information content (AvgIpc) is 3.71. The quantitative estimate of drug-likeness (QED) is 0.192. The van der Waals surface area contributed by atoms with E-state index in [0.717, 1.165) is 84.0 Å². The molecule has 2 unspecified atom stereocenters. The number of benzene rings is 2. The van der Waals surface area contributed by atoms with Gasteiger partial charge in [0.1, 0.15) is 33.5 Å². The predicted octanol–water partition coefficient (Wildman–Crippen LogP) is 7.62. The summed E-state index contributed by atoms with van der Waals surface area (Å²) in [5, 5.41) is 0. The largest absolute Gasteiger partial charge is 0.457 e. The van der Waals surface area contributed by atoms with Crippen molar-refractivity contribution in [1.82, 2.24) is 0 Å². The monoisotopic (exact) mass is 500 g/mol. The molecule has 0 aromatic carbocycles. The number of furan rings is 4. The van der Waals surface area contributed by atoms with E-state index in [1.165, 1.54) is 6.08 Å². The predicted molar refractivity (Wildman–Crippen MR) is 140 cm³/mol. The van der Waals surface area contributed by atoms with Crippen LogP contribution in [0.5, 0.6) is 0 Å². The third kappa shape index (κ3) is 3.94. The summed E-state index contributed by atoms with van der Waals surface area (Å²) < 4.78 is 24.4. The second-order valence-corrected chi connectivity index (χ2v) is 10.9. The summed E-state index contributed by atoms with van der Waals surface area (Å²) in [7, 11) is 0. The van der Waals surface area contributed by atoms with Gasteiger partial charge in [0.25, 0.3) is 0 Å². The molecule has 2 fully saturated rings. The van der Waals surface area contributed by atoms with Crippen molar-refractivity contribution >= 4 is 34.3 Å². The molecule has 4 aromatic heterocycles. The van der Waals surface area contributed by atoms with E-state index in [4.69, 9.17) is 18.3 Å². The van der Waals surface area contributed by atoms with Crippen molar-refractivity contribution in [3.05, 3.63) is 71.8 Å². The topological polar surface area (TPSA) is 78.9 Å². The van der Waals surface area contributed by atoms with Crippen molar-refractivity contribution in [2.24, 2.45) is 0 Å². The van der Waals surface area contributed by atoms with Crippen LogP contribution < -0.4 is 0 Å². The average molecular weight is 501 g/mol. The van der Waals surface area contributed by atoms with E-state index in [1.807, 2.05) is 24.3 Å². The summed E-state index contributed by atoms with van der Waals surface area (Å²) in [6.45, 7) is 9.09. The highest BCUT2D eigenvalue weighted by Gasteiger charge is 2.47. The minimum absolute atomic E-state index is 0.105. The number of rotatable bonds is 7. The van der Waals surface area contributed by atoms with E-state index in [-0.39, 0.29) is 5.92 Å². The fraction of sp³-hybridized carbons (Fsp3) is 0.419. The minimum atomic E-state index is -0.809. The van der Waals surface area contributed by atoms with Gasteiger partial charge in [-0.1, -0.05) is 19.6 Å². The summed E-state index contributed by atoms with van der Waals surface area (Å²) in [4.78, 5) is 25.2. The van der Waals surface area contributed by atoms with Crippen LogP contribution in [-0.4, -0.2) is 11.9 Å². The Kier molecular flexibility index (Phi) is 5.66. The van der Waals surface area contributed by atoms with E-state index >= 15 is 0 Å². The fourth-order valence-corrected chi connectivity index (χ4v) is 6.64. The molecule has 6 heteroatoms. The van der Waals surface area contributed by atoms with Gasteiger partial charge in [0, 0.05) is 28.3 Å². The maximum absolute atomic E-state index is 12.8. The molecule has 0 spiro atoms. The molecule has 0 N–H and O–H groups in total. The van der Waals surface area contributed by atoms with Crippen LogP contribution >= 0.6 is 0 Å². The molecule has 0 radical (unpaired) electrons. The molecule has 4 aromatic rings. The number of carbonyl (C=O) groups excluding carboxylic acids is 2. The van der Waals surface area contributed by atoms with E-state index in [1.54, 1.807) is 6.92 Å². The lowest BCUT2D eigenvalue weighted by molar-refractivity contribution is -0.160. The summed E-state index contributed by atoms with van der Waals surface area (Å²) in [5.41, 5.74) is 4.97. The van der Waals surface area contributed by atoms with Gasteiger partial charge in [0.2, 0.25) is 0 Å². The third-order valence-electron chi connectivity index (χ3n) is 8.38. The molecule has 6 rings (SSSR count). The number of hydrogen-bond donors (Lipinski definition) is 0. The first-order valence-electron chi connectivity index (χ1n) is 13.3. The van der Waals surface area contributed by atoms with Crippen LogP contribution in [-0.2, 0) is 30.3 Å². The van der Waals surface area contributed by atoms with Crippen molar-refractivity contribution in [3.8, 4) is 0 Å². The maximum atomic E-state index is 12.8. The van der Waals surface area contributed by atoms with E-state index in [2.05, 4.69) is 19.2 Å². The molecule has 0 saturated heterocycles. The number of ether oxygens (including phenoxy) is 2. The Morgan fingerprint density at radius 1 is 0.946 bits per heavy atom. The Bertz CT molecular complexity index is 1460. The Balaban J connectivity index is 1.39. The van der Waals surface area contributed by atoms with E-state index < -0.39 is 23.1 Å². The first-order chi connectivity index (χ1) is 17.8. The smallest absolute Gasteiger partial charge is 0.334 e. The third-order valence-corrected chi connectivity index (χ3v) is 8.38. The van der Waals surface area contributed by atoms with Gasteiger partial charge in [0.15, 0.2) is 0 Å². The zero-order valence-corrected chi connectivity index (χ0v) is 21.3. The molecule has 2 atom stereocenters. The van der Waals surface area contributed by atoms with Gasteiger partial charge in [-0.05, 0) is 94.5 Å². The lowest BCUT2D eigenvalue weighted by atomic mass is 9.71. The molecule has 192 valence electrons. The van der Waals surface area contributed by atoms with Gasteiger partial charge in [-0.3, -0.25) is 0 Å². The minimum Gasteiger partial charge on any atom is -0.457 e. The molecule has 37 heavy (non-hydrogen) atoms. The lowest BCUT2D eigenvalue weighted by Crippen LogP contribution is -2.37. The first-order valence-corrected chi connectivity index (χ1v) is 13.3. The molecule has 4 heterocycles. The highest BCUT2D eigenvalue weighted by atomic mass is 16.6. The van der Waals surface area contributed by atoms with Crippen LogP contribution in [0.4, 0.5) is 0 Å². The van der Waals surface area contributed by atoms with Gasteiger partial charge in [-0.2, -0.15) is 0 Å². The zero-order chi connectivity index (χ0) is 25.8. The summed E-state index contributed by atoms with van der Waals surface area (Å²) in [6.07, 6.45) is 9.04. The molecule has 2 aliphatic carbocycles. The Morgan fingerprint density at radius 2 is 1.70 bits per heavy atom. The van der Waals surface area contributed by atoms with Crippen LogP contribution in [0.3, 0.4) is 0 Å². The molecule has 6 nitrogen and oxygen atoms in total. The zero-order valence-electron chi connectivity index (χ0n) is 21.3.